The van der Waals surface area contributed by atoms with E-state index >= 15 is 0 Å². The summed E-state index contributed by atoms with van der Waals surface area (Å²) < 4.78 is 25.4. The van der Waals surface area contributed by atoms with Gasteiger partial charge in [0.1, 0.15) is 48.6 Å². The Morgan fingerprint density at radius 3 is 0.957 bits per heavy atom. The van der Waals surface area contributed by atoms with Crippen molar-refractivity contribution in [1.29, 1.82) is 0 Å². The number of hydrogen-bond donors (Lipinski definition) is 0. The molecule has 0 aromatic heterocycles. The highest BCUT2D eigenvalue weighted by atomic mass is 16.6. The Morgan fingerprint density at radius 2 is 0.714 bits per heavy atom. The van der Waals surface area contributed by atoms with Gasteiger partial charge in [-0.05, 0) is 103 Å². The first-order chi connectivity index (χ1) is 32.9. The number of ether oxygens (including phenoxy) is 4. The molecule has 70 heavy (non-hydrogen) atoms. The molecule has 0 unspecified atom stereocenters. The van der Waals surface area contributed by atoms with E-state index < -0.39 is 53.5 Å². The largest absolute Gasteiger partial charge is 0.460 e. The lowest BCUT2D eigenvalue weighted by atomic mass is 10.0. The summed E-state index contributed by atoms with van der Waals surface area (Å²) in [5.41, 5.74) is 2.02. The first-order valence-electron chi connectivity index (χ1n) is 25.6. The number of carbonyl (C=O) groups excluding carboxylic acids is 4. The third kappa shape index (κ3) is 25.1. The van der Waals surface area contributed by atoms with Gasteiger partial charge in [0.2, 0.25) is 0 Å². The maximum atomic E-state index is 14.4. The first-order valence-corrected chi connectivity index (χ1v) is 25.6. The van der Waals surface area contributed by atoms with Crippen molar-refractivity contribution in [3.8, 4) is 0 Å². The number of nitrogens with zero attached hydrogens (tertiary/aromatic N) is 5. The molecule has 1 aliphatic rings. The molecule has 1 aliphatic heterocycles. The van der Waals surface area contributed by atoms with E-state index in [0.29, 0.717) is 64.7 Å². The molecule has 0 amide bonds. The molecular formula is C55H93N5O10. The van der Waals surface area contributed by atoms with Crippen molar-refractivity contribution in [2.45, 2.75) is 170 Å². The van der Waals surface area contributed by atoms with Crippen LogP contribution >= 0.6 is 0 Å². The molecule has 1 saturated heterocycles. The average Bonchev–Trinajstić information content (AvgIpc) is 3.25. The van der Waals surface area contributed by atoms with Gasteiger partial charge in [-0.25, -0.2) is 0 Å². The number of carbonyl (C=O) groups is 4. The van der Waals surface area contributed by atoms with E-state index in [1.165, 1.54) is 0 Å². The fraction of sp³-hybridized carbons (Fsp3) is 0.709. The Hall–Kier alpha value is -4.44. The summed E-state index contributed by atoms with van der Waals surface area (Å²) in [7, 11) is 8.42. The van der Waals surface area contributed by atoms with Gasteiger partial charge in [0.25, 0.3) is 0 Å². The molecule has 1 fully saturated rings. The smallest absolute Gasteiger partial charge is 0.323 e. The summed E-state index contributed by atoms with van der Waals surface area (Å²) in [6.07, 6.45) is 0.828. The molecule has 8 atom stereocenters. The normalized spacial score (nSPS) is 25.2. The third-order valence-electron chi connectivity index (χ3n) is 11.9. The van der Waals surface area contributed by atoms with Gasteiger partial charge in [0, 0.05) is 43.9 Å². The Bertz CT molecular complexity index is 1650. The Labute approximate surface area is 422 Å². The van der Waals surface area contributed by atoms with Crippen LogP contribution in [0.15, 0.2) is 60.7 Å². The minimum Gasteiger partial charge on any atom is -0.460 e. The third-order valence-corrected chi connectivity index (χ3v) is 11.9. The predicted octanol–water partition coefficient (Wildman–Crippen LogP) is 8.48. The number of cyclic esters (lactones) is 4. The van der Waals surface area contributed by atoms with Crippen molar-refractivity contribution in [1.82, 2.24) is 19.6 Å². The van der Waals surface area contributed by atoms with Gasteiger partial charge in [-0.2, -0.15) is 0 Å². The number of likely N-dealkylation sites (N-methyl/N-ethyl adjacent to an activating group) is 4. The number of hydrogen-bond acceptors (Lipinski definition) is 14. The first kappa shape index (κ1) is 63.6. The van der Waals surface area contributed by atoms with Crippen LogP contribution in [0.25, 0.3) is 0 Å². The van der Waals surface area contributed by atoms with Crippen LogP contribution in [0, 0.1) is 33.8 Å². The van der Waals surface area contributed by atoms with Crippen LogP contribution in [0.3, 0.4) is 0 Å². The highest BCUT2D eigenvalue weighted by molar-refractivity contribution is 5.78. The lowest BCUT2D eigenvalue weighted by molar-refractivity contribution is -0.445. The second-order valence-electron chi connectivity index (χ2n) is 20.8. The van der Waals surface area contributed by atoms with E-state index in [-0.39, 0.29) is 47.5 Å². The van der Waals surface area contributed by atoms with Crippen molar-refractivity contribution in [3.63, 3.8) is 0 Å². The molecule has 398 valence electrons. The molecule has 15 nitrogen and oxygen atoms in total. The molecule has 0 N–H and O–H groups in total. The summed E-state index contributed by atoms with van der Waals surface area (Å²) in [6.45, 7) is 25.5. The van der Waals surface area contributed by atoms with Crippen LogP contribution in [0.2, 0.25) is 0 Å². The zero-order chi connectivity index (χ0) is 53.2. The van der Waals surface area contributed by atoms with E-state index in [4.69, 9.17) is 29.1 Å². The summed E-state index contributed by atoms with van der Waals surface area (Å²) in [5.74, 6) is -0.731. The Balaban J connectivity index is 0.00000387. The second kappa shape index (κ2) is 33.3. The maximum absolute atomic E-state index is 14.4. The Kier molecular flexibility index (Phi) is 30.2. The summed E-state index contributed by atoms with van der Waals surface area (Å²) in [5, 5.41) is 8.81. The fourth-order valence-corrected chi connectivity index (χ4v) is 8.73. The van der Waals surface area contributed by atoms with Gasteiger partial charge in [-0.15, -0.1) is 0 Å². The van der Waals surface area contributed by atoms with E-state index in [0.717, 1.165) is 18.2 Å². The van der Waals surface area contributed by atoms with Gasteiger partial charge < -0.3 is 18.9 Å². The van der Waals surface area contributed by atoms with Crippen molar-refractivity contribution in [2.24, 2.45) is 23.7 Å². The molecule has 0 bridgehead atoms. The monoisotopic (exact) mass is 984 g/mol. The number of nitro groups is 1. The van der Waals surface area contributed by atoms with Gasteiger partial charge in [0.15, 0.2) is 7.05 Å². The van der Waals surface area contributed by atoms with Crippen LogP contribution in [-0.4, -0.2) is 158 Å². The molecule has 2 aromatic rings. The van der Waals surface area contributed by atoms with Crippen molar-refractivity contribution in [3.05, 3.63) is 81.9 Å². The van der Waals surface area contributed by atoms with Crippen LogP contribution in [0.1, 0.15) is 120 Å². The molecule has 0 radical (unpaired) electrons. The summed E-state index contributed by atoms with van der Waals surface area (Å²) in [6, 6.07) is 17.4. The van der Waals surface area contributed by atoms with Crippen LogP contribution < -0.4 is 0 Å². The predicted molar refractivity (Wildman–Crippen MR) is 279 cm³/mol. The summed E-state index contributed by atoms with van der Waals surface area (Å²) in [4.78, 5) is 73.3. The van der Waals surface area contributed by atoms with Crippen LogP contribution in [-0.2, 0) is 51.0 Å². The van der Waals surface area contributed by atoms with E-state index in [9.17, 15) is 19.2 Å². The standard InChI is InChI=1S/C52H84N4O8.C2H6.CH3NO2/c1-35(2)25-45-49(57)61-39(9)31-53(11)48(28-38(7)8)52(60)64-44(30-42-23-19-16-20-24-42)34-56(14)46(26-36(3)4)50(58)62-40(10)32-54(12)47(27-37(5)6)51(59)63-43(33-55(45)13)29-41-21-17-15-18-22-41;1-2;1-2(3)4/h15-24,35-40,43-48H,25-34H2,1-14H3;1-2H3;1H3/t39-,40-,43-,44-,45+,46+,47+,48+;;/m1../s1. The molecule has 0 aliphatic carbocycles. The van der Waals surface area contributed by atoms with Crippen molar-refractivity contribution in [2.75, 3.05) is 61.4 Å². The van der Waals surface area contributed by atoms with Gasteiger partial charge in [0.05, 0.1) is 0 Å². The molecule has 1 heterocycles. The highest BCUT2D eigenvalue weighted by Crippen LogP contribution is 2.23. The zero-order valence-corrected chi connectivity index (χ0v) is 46.1. The van der Waals surface area contributed by atoms with E-state index in [1.54, 1.807) is 0 Å². The molecular weight excluding hydrogens is 891 g/mol. The zero-order valence-electron chi connectivity index (χ0n) is 46.1. The Morgan fingerprint density at radius 1 is 0.486 bits per heavy atom. The van der Waals surface area contributed by atoms with Gasteiger partial charge in [-0.1, -0.05) is 130 Å². The van der Waals surface area contributed by atoms with Crippen LogP contribution in [0.4, 0.5) is 0 Å². The minimum atomic E-state index is -0.605. The number of benzene rings is 2. The molecule has 0 spiro atoms. The molecule has 2 aromatic carbocycles. The topological polar surface area (TPSA) is 161 Å². The lowest BCUT2D eigenvalue weighted by Gasteiger charge is -2.36. The highest BCUT2D eigenvalue weighted by Gasteiger charge is 2.36. The van der Waals surface area contributed by atoms with Gasteiger partial charge >= 0.3 is 23.9 Å². The molecule has 0 saturated carbocycles. The summed E-state index contributed by atoms with van der Waals surface area (Å²) >= 11 is 0. The maximum Gasteiger partial charge on any atom is 0.323 e. The average molecular weight is 984 g/mol. The second-order valence-corrected chi connectivity index (χ2v) is 20.8. The van der Waals surface area contributed by atoms with Crippen molar-refractivity contribution >= 4 is 23.9 Å². The SMILES string of the molecule is CC.CC(C)C[C@H]1C(=O)O[C@H](Cc2ccccc2)CN(C)[C@@H](CC(C)C)C(=O)O[C@H](C)CN(C)[C@@H](CC(C)C)C(=O)O[C@H](Cc2ccccc2)CN(C)[C@@H](CC(C)C)C(=O)O[C@H](C)CN1C.C[N+](=O)[O-]. The quantitative estimate of drug-likeness (QED) is 0.0862. The van der Waals surface area contributed by atoms with Crippen molar-refractivity contribution < 1.29 is 43.0 Å². The molecule has 15 heteroatoms. The van der Waals surface area contributed by atoms with E-state index in [2.05, 4.69) is 55.4 Å². The van der Waals surface area contributed by atoms with E-state index in [1.807, 2.05) is 136 Å². The lowest BCUT2D eigenvalue weighted by Crippen LogP contribution is -2.51. The van der Waals surface area contributed by atoms with Crippen LogP contribution in [0.5, 0.6) is 0 Å². The number of rotatable bonds is 12. The minimum absolute atomic E-state index is 0.175. The fourth-order valence-electron chi connectivity index (χ4n) is 8.73. The van der Waals surface area contributed by atoms with Gasteiger partial charge in [-0.3, -0.25) is 48.9 Å². The number of esters is 4. The molecule has 3 rings (SSSR count).